The molecule has 46 heavy (non-hydrogen) atoms. The van der Waals surface area contributed by atoms with E-state index in [1.807, 2.05) is 17.0 Å². The number of rotatable bonds is 12. The molecular weight excluding hydrogens is 674 g/mol. The van der Waals surface area contributed by atoms with Crippen LogP contribution in [0.2, 0.25) is 20.1 Å². The molecule has 2 aromatic rings. The first-order valence-electron chi connectivity index (χ1n) is 15.3. The van der Waals surface area contributed by atoms with Crippen molar-refractivity contribution >= 4 is 70.0 Å². The number of likely N-dealkylation sites (tertiary alicyclic amines) is 1. The molecule has 2 fully saturated rings. The number of nitrogens with zero attached hydrogens (tertiary/aromatic N) is 5. The summed E-state index contributed by atoms with van der Waals surface area (Å²) in [5, 5.41) is 8.60. The summed E-state index contributed by atoms with van der Waals surface area (Å²) >= 11 is 25.0. The number of oxime groups is 1. The van der Waals surface area contributed by atoms with Crippen LogP contribution in [0.1, 0.15) is 47.5 Å². The second kappa shape index (κ2) is 16.9. The molecule has 0 bridgehead atoms. The van der Waals surface area contributed by atoms with Gasteiger partial charge < -0.3 is 29.8 Å². The highest BCUT2D eigenvalue weighted by atomic mass is 35.5. The Hall–Kier alpha value is -2.76. The predicted octanol–water partition coefficient (Wildman–Crippen LogP) is 5.89. The fourth-order valence-corrected chi connectivity index (χ4v) is 6.93. The van der Waals surface area contributed by atoms with Crippen molar-refractivity contribution in [3.05, 3.63) is 67.6 Å². The van der Waals surface area contributed by atoms with Crippen molar-refractivity contribution in [1.82, 2.24) is 24.9 Å². The Kier molecular flexibility index (Phi) is 13.2. The van der Waals surface area contributed by atoms with Crippen molar-refractivity contribution in [3.8, 4) is 0 Å². The molecule has 2 aliphatic heterocycles. The minimum atomic E-state index is -0.260. The molecule has 14 heteroatoms. The Morgan fingerprint density at radius 3 is 2.35 bits per heavy atom. The van der Waals surface area contributed by atoms with Crippen molar-refractivity contribution < 1.29 is 19.2 Å². The fraction of sp³-hybridized carbons (Fsp3) is 0.500. The first kappa shape index (κ1) is 36.1. The Labute approximate surface area is 290 Å². The molecule has 2 aromatic carbocycles. The molecule has 1 N–H and O–H groups in total. The van der Waals surface area contributed by atoms with E-state index in [0.717, 1.165) is 44.5 Å². The molecule has 0 aromatic heterocycles. The van der Waals surface area contributed by atoms with E-state index in [1.165, 1.54) is 7.11 Å². The second-order valence-electron chi connectivity index (χ2n) is 11.6. The molecule has 10 nitrogen and oxygen atoms in total. The maximum absolute atomic E-state index is 13.3. The van der Waals surface area contributed by atoms with Crippen molar-refractivity contribution in [2.75, 3.05) is 67.0 Å². The minimum Gasteiger partial charge on any atom is -0.399 e. The summed E-state index contributed by atoms with van der Waals surface area (Å²) in [5.41, 5.74) is 1.92. The van der Waals surface area contributed by atoms with Crippen LogP contribution in [0.15, 0.2) is 41.6 Å². The maximum Gasteiger partial charge on any atom is 0.320 e. The molecular formula is C32H40Cl4N6O4. The van der Waals surface area contributed by atoms with Gasteiger partial charge >= 0.3 is 6.03 Å². The van der Waals surface area contributed by atoms with Gasteiger partial charge in [-0.15, -0.1) is 0 Å². The summed E-state index contributed by atoms with van der Waals surface area (Å²) in [4.78, 5) is 51.2. The van der Waals surface area contributed by atoms with Gasteiger partial charge in [-0.05, 0) is 68.1 Å². The molecule has 0 saturated carbocycles. The second-order valence-corrected chi connectivity index (χ2v) is 13.3. The number of nitrogens with one attached hydrogen (secondary N) is 1. The van der Waals surface area contributed by atoms with E-state index in [-0.39, 0.29) is 42.9 Å². The van der Waals surface area contributed by atoms with E-state index in [0.29, 0.717) is 50.9 Å². The van der Waals surface area contributed by atoms with E-state index in [4.69, 9.17) is 51.2 Å². The largest absolute Gasteiger partial charge is 0.399 e. The summed E-state index contributed by atoms with van der Waals surface area (Å²) in [6.45, 7) is 3.96. The van der Waals surface area contributed by atoms with Gasteiger partial charge in [0.2, 0.25) is 5.91 Å². The zero-order chi connectivity index (χ0) is 33.4. The standard InChI is InChI=1S/C32H40Cl4N6O4/c1-37-30(43)20-41-10-4-11-42(32(41)45)25-7-12-40(13-8-25)14-9-26(21-5-6-27(35)28(36)17-21)29(38-46-3)19-39(2)31(44)22-15-23(33)18-24(34)16-22/h5-6,15-18,25-26H,4,7-14,19-20H2,1-3H3,(H,37,43)/b38-29+. The van der Waals surface area contributed by atoms with E-state index >= 15 is 0 Å². The molecule has 1 unspecified atom stereocenters. The van der Waals surface area contributed by atoms with Crippen LogP contribution in [0.4, 0.5) is 4.79 Å². The van der Waals surface area contributed by atoms with Gasteiger partial charge in [0.25, 0.3) is 5.91 Å². The van der Waals surface area contributed by atoms with Crippen molar-refractivity contribution in [1.29, 1.82) is 0 Å². The molecule has 250 valence electrons. The summed E-state index contributed by atoms with van der Waals surface area (Å²) in [5.74, 6) is -0.653. The van der Waals surface area contributed by atoms with Crippen LogP contribution in [0.25, 0.3) is 0 Å². The van der Waals surface area contributed by atoms with Gasteiger partial charge in [0.05, 0.1) is 22.3 Å². The van der Waals surface area contributed by atoms with Gasteiger partial charge in [-0.3, -0.25) is 9.59 Å². The first-order chi connectivity index (χ1) is 22.0. The van der Waals surface area contributed by atoms with Crippen LogP contribution >= 0.6 is 46.4 Å². The number of urea groups is 1. The maximum atomic E-state index is 13.3. The average Bonchev–Trinajstić information content (AvgIpc) is 3.03. The number of hydrogen-bond acceptors (Lipinski definition) is 6. The number of amides is 4. The predicted molar refractivity (Wildman–Crippen MR) is 184 cm³/mol. The topological polar surface area (TPSA) is 97.8 Å². The Balaban J connectivity index is 1.44. The third-order valence-electron chi connectivity index (χ3n) is 8.50. The number of hydrogen-bond donors (Lipinski definition) is 1. The Morgan fingerprint density at radius 2 is 1.72 bits per heavy atom. The highest BCUT2D eigenvalue weighted by molar-refractivity contribution is 6.42. The van der Waals surface area contributed by atoms with Gasteiger partial charge in [-0.25, -0.2) is 4.79 Å². The third-order valence-corrected chi connectivity index (χ3v) is 9.68. The first-order valence-corrected chi connectivity index (χ1v) is 16.8. The van der Waals surface area contributed by atoms with Gasteiger partial charge in [0.15, 0.2) is 0 Å². The number of halogens is 4. The molecule has 2 saturated heterocycles. The Morgan fingerprint density at radius 1 is 1.02 bits per heavy atom. The van der Waals surface area contributed by atoms with Gasteiger partial charge in [-0.1, -0.05) is 57.6 Å². The summed E-state index contributed by atoms with van der Waals surface area (Å²) in [6, 6.07) is 10.3. The number of likely N-dealkylation sites (N-methyl/N-ethyl adjacent to an activating group) is 1. The van der Waals surface area contributed by atoms with Crippen LogP contribution < -0.4 is 5.32 Å². The fourth-order valence-electron chi connectivity index (χ4n) is 6.10. The van der Waals surface area contributed by atoms with Crippen LogP contribution in [0.3, 0.4) is 0 Å². The lowest BCUT2D eigenvalue weighted by atomic mass is 9.89. The average molecular weight is 715 g/mol. The van der Waals surface area contributed by atoms with Crippen LogP contribution in [0.5, 0.6) is 0 Å². The van der Waals surface area contributed by atoms with E-state index in [2.05, 4.69) is 15.4 Å². The highest BCUT2D eigenvalue weighted by Crippen LogP contribution is 2.31. The number of carbonyl (C=O) groups excluding carboxylic acids is 3. The van der Waals surface area contributed by atoms with Crippen LogP contribution in [0, 0.1) is 0 Å². The zero-order valence-corrected chi connectivity index (χ0v) is 29.3. The molecule has 1 atom stereocenters. The molecule has 0 radical (unpaired) electrons. The van der Waals surface area contributed by atoms with E-state index in [1.54, 1.807) is 48.2 Å². The lowest BCUT2D eigenvalue weighted by Crippen LogP contribution is -2.57. The summed E-state index contributed by atoms with van der Waals surface area (Å²) in [7, 11) is 4.75. The molecule has 2 heterocycles. The SMILES string of the molecule is CNC(=O)CN1CCCN(C2CCN(CCC(/C(CN(C)C(=O)c3cc(Cl)cc(Cl)c3)=N/OC)c3ccc(Cl)c(Cl)c3)CC2)C1=O. The van der Waals surface area contributed by atoms with Crippen molar-refractivity contribution in [2.24, 2.45) is 5.16 Å². The van der Waals surface area contributed by atoms with Gasteiger partial charge in [0, 0.05) is 67.8 Å². The van der Waals surface area contributed by atoms with E-state index < -0.39 is 0 Å². The van der Waals surface area contributed by atoms with Crippen LogP contribution in [-0.4, -0.2) is 116 Å². The van der Waals surface area contributed by atoms with Crippen molar-refractivity contribution in [2.45, 2.75) is 37.6 Å². The lowest BCUT2D eigenvalue weighted by molar-refractivity contribution is -0.121. The molecule has 4 amide bonds. The Bertz CT molecular complexity index is 1420. The molecule has 0 aliphatic carbocycles. The molecule has 2 aliphatic rings. The normalized spacial score (nSPS) is 17.2. The third kappa shape index (κ3) is 9.41. The van der Waals surface area contributed by atoms with Gasteiger partial charge in [0.1, 0.15) is 13.7 Å². The number of piperidine rings is 1. The van der Waals surface area contributed by atoms with Crippen LogP contribution in [-0.2, 0) is 9.63 Å². The number of carbonyl (C=O) groups is 3. The smallest absolute Gasteiger partial charge is 0.320 e. The minimum absolute atomic E-state index is 0.0629. The van der Waals surface area contributed by atoms with E-state index in [9.17, 15) is 14.4 Å². The number of benzene rings is 2. The lowest BCUT2D eigenvalue weighted by Gasteiger charge is -2.43. The summed E-state index contributed by atoms with van der Waals surface area (Å²) < 4.78 is 0. The zero-order valence-electron chi connectivity index (χ0n) is 26.3. The van der Waals surface area contributed by atoms with Gasteiger partial charge in [-0.2, -0.15) is 0 Å². The quantitative estimate of drug-likeness (QED) is 0.219. The summed E-state index contributed by atoms with van der Waals surface area (Å²) in [6.07, 6.45) is 3.21. The molecule has 0 spiro atoms. The van der Waals surface area contributed by atoms with Crippen molar-refractivity contribution in [3.63, 3.8) is 0 Å². The molecule has 4 rings (SSSR count). The monoisotopic (exact) mass is 712 g/mol. The highest BCUT2D eigenvalue weighted by Gasteiger charge is 2.34.